The van der Waals surface area contributed by atoms with Crippen molar-refractivity contribution in [3.8, 4) is 22.8 Å². The van der Waals surface area contributed by atoms with Gasteiger partial charge in [-0.2, -0.15) is 0 Å². The Labute approximate surface area is 147 Å². The molecule has 8 nitrogen and oxygen atoms in total. The Kier molecular flexibility index (Phi) is 4.50. The molecule has 2 heterocycles. The summed E-state index contributed by atoms with van der Waals surface area (Å²) in [5, 5.41) is 24.8. The van der Waals surface area contributed by atoms with Gasteiger partial charge in [0.1, 0.15) is 15.6 Å². The molecule has 0 fully saturated rings. The van der Waals surface area contributed by atoms with Crippen molar-refractivity contribution in [1.29, 1.82) is 0 Å². The van der Waals surface area contributed by atoms with E-state index in [0.717, 1.165) is 0 Å². The number of phenolic OH excluding ortho intramolecular Hbond substituents is 2. The van der Waals surface area contributed by atoms with Gasteiger partial charge in [-0.15, -0.1) is 11.3 Å². The second-order valence-corrected chi connectivity index (χ2v) is 7.95. The molecule has 2 aromatic heterocycles. The van der Waals surface area contributed by atoms with Crippen molar-refractivity contribution in [3.63, 3.8) is 0 Å². The SMILES string of the molecule is Cc1noc(C)c1S(=O)(=O)NCc1nc(-c2ccc(O)c(O)c2)cs1. The molecule has 0 atom stereocenters. The molecule has 0 saturated carbocycles. The number of nitrogens with zero attached hydrogens (tertiary/aromatic N) is 2. The zero-order chi connectivity index (χ0) is 18.2. The van der Waals surface area contributed by atoms with Crippen LogP contribution in [0.4, 0.5) is 0 Å². The fourth-order valence-corrected chi connectivity index (χ4v) is 4.44. The lowest BCUT2D eigenvalue weighted by Crippen LogP contribution is -2.24. The van der Waals surface area contributed by atoms with Gasteiger partial charge in [0.15, 0.2) is 17.3 Å². The maximum absolute atomic E-state index is 12.4. The molecule has 25 heavy (non-hydrogen) atoms. The van der Waals surface area contributed by atoms with E-state index in [1.165, 1.54) is 30.4 Å². The van der Waals surface area contributed by atoms with Crippen molar-refractivity contribution < 1.29 is 23.2 Å². The van der Waals surface area contributed by atoms with Crippen LogP contribution < -0.4 is 4.72 Å². The second-order valence-electron chi connectivity index (χ2n) is 5.31. The number of hydrogen-bond donors (Lipinski definition) is 3. The Morgan fingerprint density at radius 2 is 2.00 bits per heavy atom. The molecule has 10 heteroatoms. The number of hydrogen-bond acceptors (Lipinski definition) is 8. The van der Waals surface area contributed by atoms with Crippen LogP contribution >= 0.6 is 11.3 Å². The minimum absolute atomic E-state index is 0.0150. The van der Waals surface area contributed by atoms with Gasteiger partial charge in [0.25, 0.3) is 0 Å². The van der Waals surface area contributed by atoms with Crippen LogP contribution in [0.2, 0.25) is 0 Å². The first kappa shape index (κ1) is 17.4. The maximum atomic E-state index is 12.4. The first-order chi connectivity index (χ1) is 11.8. The van der Waals surface area contributed by atoms with E-state index in [-0.39, 0.29) is 28.7 Å². The van der Waals surface area contributed by atoms with Gasteiger partial charge in [0.2, 0.25) is 10.0 Å². The smallest absolute Gasteiger partial charge is 0.246 e. The largest absolute Gasteiger partial charge is 0.504 e. The summed E-state index contributed by atoms with van der Waals surface area (Å²) in [7, 11) is -3.76. The van der Waals surface area contributed by atoms with Gasteiger partial charge >= 0.3 is 0 Å². The molecule has 0 aliphatic rings. The van der Waals surface area contributed by atoms with Crippen LogP contribution in [-0.4, -0.2) is 28.8 Å². The van der Waals surface area contributed by atoms with Gasteiger partial charge in [-0.05, 0) is 32.0 Å². The Balaban J connectivity index is 1.77. The third-order valence-corrected chi connectivity index (χ3v) is 5.97. The van der Waals surface area contributed by atoms with Crippen LogP contribution in [0, 0.1) is 13.8 Å². The van der Waals surface area contributed by atoms with E-state index < -0.39 is 10.0 Å². The molecular formula is C15H15N3O5S2. The van der Waals surface area contributed by atoms with Crippen LogP contribution in [0.25, 0.3) is 11.3 Å². The highest BCUT2D eigenvalue weighted by Crippen LogP contribution is 2.31. The van der Waals surface area contributed by atoms with Gasteiger partial charge in [-0.25, -0.2) is 18.1 Å². The Hall–Kier alpha value is -2.43. The van der Waals surface area contributed by atoms with E-state index in [2.05, 4.69) is 14.9 Å². The topological polar surface area (TPSA) is 126 Å². The summed E-state index contributed by atoms with van der Waals surface area (Å²) in [6.45, 7) is 3.11. The molecule has 3 N–H and O–H groups in total. The highest BCUT2D eigenvalue weighted by Gasteiger charge is 2.24. The number of nitrogens with one attached hydrogen (secondary N) is 1. The second kappa shape index (κ2) is 6.47. The summed E-state index contributed by atoms with van der Waals surface area (Å²) in [6, 6.07) is 4.37. The molecule has 1 aromatic carbocycles. The van der Waals surface area contributed by atoms with Crippen LogP contribution in [-0.2, 0) is 16.6 Å². The number of sulfonamides is 1. The van der Waals surface area contributed by atoms with Crippen molar-refractivity contribution in [3.05, 3.63) is 40.0 Å². The van der Waals surface area contributed by atoms with Gasteiger partial charge in [0.05, 0.1) is 12.2 Å². The molecule has 0 saturated heterocycles. The number of aromatic nitrogens is 2. The normalized spacial score (nSPS) is 11.8. The molecule has 0 amide bonds. The van der Waals surface area contributed by atoms with E-state index in [9.17, 15) is 18.6 Å². The van der Waals surface area contributed by atoms with Crippen LogP contribution in [0.3, 0.4) is 0 Å². The first-order valence-electron chi connectivity index (χ1n) is 7.17. The molecular weight excluding hydrogens is 366 g/mol. The van der Waals surface area contributed by atoms with Gasteiger partial charge in [-0.3, -0.25) is 0 Å². The van der Waals surface area contributed by atoms with Crippen molar-refractivity contribution in [2.45, 2.75) is 25.3 Å². The van der Waals surface area contributed by atoms with Gasteiger partial charge in [0, 0.05) is 10.9 Å². The molecule has 132 valence electrons. The summed E-state index contributed by atoms with van der Waals surface area (Å²) in [5.41, 5.74) is 1.49. The fraction of sp³-hybridized carbons (Fsp3) is 0.200. The first-order valence-corrected chi connectivity index (χ1v) is 9.53. The molecule has 0 aliphatic carbocycles. The fourth-order valence-electron chi connectivity index (χ4n) is 2.29. The quantitative estimate of drug-likeness (QED) is 0.579. The summed E-state index contributed by atoms with van der Waals surface area (Å²) in [6.07, 6.45) is 0. The minimum Gasteiger partial charge on any atom is -0.504 e. The zero-order valence-corrected chi connectivity index (χ0v) is 15.0. The average molecular weight is 381 g/mol. The highest BCUT2D eigenvalue weighted by molar-refractivity contribution is 7.89. The molecule has 0 bridgehead atoms. The van der Waals surface area contributed by atoms with E-state index in [1.54, 1.807) is 18.4 Å². The number of benzene rings is 1. The molecule has 0 aliphatic heterocycles. The number of rotatable bonds is 5. The number of aromatic hydroxyl groups is 2. The predicted octanol–water partition coefficient (Wildman–Crippen LogP) is 2.30. The minimum atomic E-state index is -3.76. The van der Waals surface area contributed by atoms with E-state index >= 15 is 0 Å². The zero-order valence-electron chi connectivity index (χ0n) is 13.3. The van der Waals surface area contributed by atoms with Crippen molar-refractivity contribution in [2.75, 3.05) is 0 Å². The van der Waals surface area contributed by atoms with Crippen molar-refractivity contribution in [1.82, 2.24) is 14.9 Å². The van der Waals surface area contributed by atoms with Crippen LogP contribution in [0.1, 0.15) is 16.5 Å². The third-order valence-electron chi connectivity index (χ3n) is 3.47. The average Bonchev–Trinajstić information content (AvgIpc) is 3.15. The van der Waals surface area contributed by atoms with Crippen molar-refractivity contribution in [2.24, 2.45) is 0 Å². The van der Waals surface area contributed by atoms with E-state index in [0.29, 0.717) is 22.0 Å². The van der Waals surface area contributed by atoms with Gasteiger partial charge < -0.3 is 14.7 Å². The van der Waals surface area contributed by atoms with Crippen molar-refractivity contribution >= 4 is 21.4 Å². The summed E-state index contributed by atoms with van der Waals surface area (Å²) < 4.78 is 32.1. The van der Waals surface area contributed by atoms with Crippen LogP contribution in [0.5, 0.6) is 11.5 Å². The maximum Gasteiger partial charge on any atom is 0.246 e. The predicted molar refractivity (Wildman–Crippen MR) is 90.9 cm³/mol. The van der Waals surface area contributed by atoms with Gasteiger partial charge in [-0.1, -0.05) is 5.16 Å². The summed E-state index contributed by atoms with van der Waals surface area (Å²) in [4.78, 5) is 4.38. The van der Waals surface area contributed by atoms with E-state index in [1.807, 2.05) is 0 Å². The third kappa shape index (κ3) is 3.50. The monoisotopic (exact) mass is 381 g/mol. The number of thiazole rings is 1. The molecule has 3 rings (SSSR count). The molecule has 0 radical (unpaired) electrons. The Morgan fingerprint density at radius 1 is 1.24 bits per heavy atom. The molecule has 3 aromatic rings. The molecule has 0 spiro atoms. The summed E-state index contributed by atoms with van der Waals surface area (Å²) in [5.74, 6) is -0.234. The van der Waals surface area contributed by atoms with E-state index in [4.69, 9.17) is 4.52 Å². The number of phenols is 2. The summed E-state index contributed by atoms with van der Waals surface area (Å²) >= 11 is 1.28. The lowest BCUT2D eigenvalue weighted by molar-refractivity contribution is 0.390. The number of aryl methyl sites for hydroxylation is 2. The Bertz CT molecular complexity index is 1000. The van der Waals surface area contributed by atoms with Crippen LogP contribution in [0.15, 0.2) is 33.0 Å². The lowest BCUT2D eigenvalue weighted by atomic mass is 10.1. The highest BCUT2D eigenvalue weighted by atomic mass is 32.2. The Morgan fingerprint density at radius 3 is 2.64 bits per heavy atom. The molecule has 0 unspecified atom stereocenters. The standard InChI is InChI=1S/C15H15N3O5S2/c1-8-15(9(2)23-18-8)25(21,22)16-6-14-17-11(7-24-14)10-3-4-12(19)13(20)5-10/h3-5,7,16,19-20H,6H2,1-2H3. The lowest BCUT2D eigenvalue weighted by Gasteiger charge is -2.04.